The molecule has 194 valence electrons. The van der Waals surface area contributed by atoms with Gasteiger partial charge in [-0.05, 0) is 48.2 Å². The molecule has 1 unspecified atom stereocenters. The van der Waals surface area contributed by atoms with Crippen LogP contribution in [0, 0.1) is 0 Å². The highest BCUT2D eigenvalue weighted by atomic mass is 79.9. The Morgan fingerprint density at radius 3 is 2.30 bits per heavy atom. The standard InChI is InChI=1S/C30H32BrClN2O3/c31-24-17-15-23(16-18-24)20-34(29(35)21-37-28-14-8-7-13-26(28)32)27(19-22-9-3-1-4-10-22)30(36)33-25-11-5-2-6-12-25/h1,3-4,7-10,13-18,25,27H,2,5-6,11-12,19-21H2,(H,33,36). The fourth-order valence-electron chi connectivity index (χ4n) is 4.67. The van der Waals surface area contributed by atoms with Gasteiger partial charge >= 0.3 is 0 Å². The molecule has 4 rings (SSSR count). The average Bonchev–Trinajstić information content (AvgIpc) is 2.92. The van der Waals surface area contributed by atoms with Crippen molar-refractivity contribution in [2.75, 3.05) is 6.61 Å². The summed E-state index contributed by atoms with van der Waals surface area (Å²) in [5.74, 6) is 0.0360. The van der Waals surface area contributed by atoms with Crippen molar-refractivity contribution in [2.24, 2.45) is 0 Å². The second-order valence-electron chi connectivity index (χ2n) is 9.42. The normalized spacial score (nSPS) is 14.5. The van der Waals surface area contributed by atoms with Crippen LogP contribution in [0.4, 0.5) is 0 Å². The van der Waals surface area contributed by atoms with Crippen molar-refractivity contribution in [2.45, 2.75) is 57.2 Å². The van der Waals surface area contributed by atoms with E-state index in [1.54, 1.807) is 23.1 Å². The van der Waals surface area contributed by atoms with Crippen LogP contribution in [0.1, 0.15) is 43.2 Å². The van der Waals surface area contributed by atoms with Crippen LogP contribution in [-0.2, 0) is 22.6 Å². The molecule has 0 aromatic heterocycles. The number of benzene rings is 3. The van der Waals surface area contributed by atoms with E-state index in [4.69, 9.17) is 16.3 Å². The van der Waals surface area contributed by atoms with Crippen LogP contribution in [0.5, 0.6) is 5.75 Å². The van der Waals surface area contributed by atoms with E-state index >= 15 is 0 Å². The number of rotatable bonds is 10. The quantitative estimate of drug-likeness (QED) is 0.294. The molecule has 5 nitrogen and oxygen atoms in total. The van der Waals surface area contributed by atoms with E-state index < -0.39 is 6.04 Å². The van der Waals surface area contributed by atoms with Gasteiger partial charge in [0.25, 0.3) is 5.91 Å². The maximum Gasteiger partial charge on any atom is 0.261 e. The first-order chi connectivity index (χ1) is 18.0. The molecule has 1 saturated carbocycles. The van der Waals surface area contributed by atoms with Gasteiger partial charge in [0.15, 0.2) is 6.61 Å². The van der Waals surface area contributed by atoms with Crippen molar-refractivity contribution in [1.82, 2.24) is 10.2 Å². The topological polar surface area (TPSA) is 58.6 Å². The Morgan fingerprint density at radius 1 is 0.919 bits per heavy atom. The van der Waals surface area contributed by atoms with E-state index in [1.165, 1.54) is 6.42 Å². The second-order valence-corrected chi connectivity index (χ2v) is 10.7. The van der Waals surface area contributed by atoms with Crippen molar-refractivity contribution in [1.29, 1.82) is 0 Å². The first-order valence-electron chi connectivity index (χ1n) is 12.7. The fraction of sp³-hybridized carbons (Fsp3) is 0.333. The van der Waals surface area contributed by atoms with E-state index in [1.807, 2.05) is 60.7 Å². The van der Waals surface area contributed by atoms with Crippen molar-refractivity contribution in [3.63, 3.8) is 0 Å². The minimum absolute atomic E-state index is 0.126. The largest absolute Gasteiger partial charge is 0.482 e. The third-order valence-corrected chi connectivity index (χ3v) is 7.52. The number of carbonyl (C=O) groups excluding carboxylic acids is 2. The summed E-state index contributed by atoms with van der Waals surface area (Å²) < 4.78 is 6.76. The molecule has 0 bridgehead atoms. The van der Waals surface area contributed by atoms with Crippen molar-refractivity contribution in [3.05, 3.63) is 99.5 Å². The molecule has 1 fully saturated rings. The Morgan fingerprint density at radius 2 is 1.59 bits per heavy atom. The Kier molecular flexibility index (Phi) is 10.0. The molecule has 0 radical (unpaired) electrons. The lowest BCUT2D eigenvalue weighted by atomic mass is 9.94. The van der Waals surface area contributed by atoms with E-state index in [-0.39, 0.29) is 31.0 Å². The number of nitrogens with zero attached hydrogens (tertiary/aromatic N) is 1. The van der Waals surface area contributed by atoms with E-state index in [0.717, 1.165) is 41.3 Å². The summed E-state index contributed by atoms with van der Waals surface area (Å²) in [6, 6.07) is 24.1. The summed E-state index contributed by atoms with van der Waals surface area (Å²) >= 11 is 9.71. The zero-order valence-corrected chi connectivity index (χ0v) is 23.1. The van der Waals surface area contributed by atoms with Crippen LogP contribution < -0.4 is 10.1 Å². The molecule has 0 spiro atoms. The predicted octanol–water partition coefficient (Wildman–Crippen LogP) is 6.57. The van der Waals surface area contributed by atoms with Gasteiger partial charge in [-0.3, -0.25) is 9.59 Å². The third kappa shape index (κ3) is 8.08. The van der Waals surface area contributed by atoms with Crippen molar-refractivity contribution in [3.8, 4) is 5.75 Å². The molecule has 0 heterocycles. The second kappa shape index (κ2) is 13.6. The van der Waals surface area contributed by atoms with E-state index in [0.29, 0.717) is 17.2 Å². The molecule has 2 amide bonds. The minimum atomic E-state index is -0.685. The summed E-state index contributed by atoms with van der Waals surface area (Å²) in [6.45, 7) is 0.0653. The molecule has 3 aromatic carbocycles. The highest BCUT2D eigenvalue weighted by molar-refractivity contribution is 9.10. The van der Waals surface area contributed by atoms with Crippen LogP contribution in [0.25, 0.3) is 0 Å². The summed E-state index contributed by atoms with van der Waals surface area (Å²) in [7, 11) is 0. The molecule has 1 N–H and O–H groups in total. The number of amides is 2. The highest BCUT2D eigenvalue weighted by Crippen LogP contribution is 2.24. The van der Waals surface area contributed by atoms with Crippen LogP contribution in [0.2, 0.25) is 5.02 Å². The van der Waals surface area contributed by atoms with Crippen molar-refractivity contribution < 1.29 is 14.3 Å². The smallest absolute Gasteiger partial charge is 0.261 e. The maximum absolute atomic E-state index is 13.8. The summed E-state index contributed by atoms with van der Waals surface area (Å²) in [4.78, 5) is 29.1. The molecule has 7 heteroatoms. The van der Waals surface area contributed by atoms with Crippen LogP contribution in [0.3, 0.4) is 0 Å². The molecule has 37 heavy (non-hydrogen) atoms. The first-order valence-corrected chi connectivity index (χ1v) is 13.9. The van der Waals surface area contributed by atoms with Gasteiger partial charge in [0.05, 0.1) is 5.02 Å². The number of hydrogen-bond acceptors (Lipinski definition) is 3. The highest BCUT2D eigenvalue weighted by Gasteiger charge is 2.32. The van der Waals surface area contributed by atoms with Crippen molar-refractivity contribution >= 4 is 39.3 Å². The monoisotopic (exact) mass is 582 g/mol. The fourth-order valence-corrected chi connectivity index (χ4v) is 5.12. The zero-order chi connectivity index (χ0) is 26.0. The molecular formula is C30H32BrClN2O3. The van der Waals surface area contributed by atoms with E-state index in [9.17, 15) is 9.59 Å². The summed E-state index contributed by atoms with van der Waals surface area (Å²) in [6.07, 6.45) is 5.78. The maximum atomic E-state index is 13.8. The van der Waals surface area contributed by atoms with Gasteiger partial charge < -0.3 is 15.0 Å². The lowest BCUT2D eigenvalue weighted by Crippen LogP contribution is -2.53. The summed E-state index contributed by atoms with van der Waals surface area (Å²) in [5, 5.41) is 3.69. The van der Waals surface area contributed by atoms with Gasteiger partial charge in [-0.25, -0.2) is 0 Å². The van der Waals surface area contributed by atoms with Gasteiger partial charge in [0, 0.05) is 23.5 Å². The lowest BCUT2D eigenvalue weighted by molar-refractivity contribution is -0.143. The number of halogens is 2. The molecule has 1 atom stereocenters. The third-order valence-electron chi connectivity index (χ3n) is 6.68. The van der Waals surface area contributed by atoms with Gasteiger partial charge in [0.2, 0.25) is 5.91 Å². The molecule has 3 aromatic rings. The van der Waals surface area contributed by atoms with Crippen LogP contribution in [-0.4, -0.2) is 35.4 Å². The minimum Gasteiger partial charge on any atom is -0.482 e. The molecular weight excluding hydrogens is 552 g/mol. The van der Waals surface area contributed by atoms with Gasteiger partial charge in [-0.2, -0.15) is 0 Å². The number of ether oxygens (including phenoxy) is 1. The molecule has 1 aliphatic carbocycles. The van der Waals surface area contributed by atoms with Gasteiger partial charge in [-0.15, -0.1) is 0 Å². The Labute approximate surface area is 232 Å². The van der Waals surface area contributed by atoms with E-state index in [2.05, 4.69) is 21.2 Å². The number of carbonyl (C=O) groups is 2. The number of para-hydroxylation sites is 1. The Balaban J connectivity index is 1.61. The Hall–Kier alpha value is -2.83. The first kappa shape index (κ1) is 27.2. The Bertz CT molecular complexity index is 1170. The number of nitrogens with one attached hydrogen (secondary N) is 1. The molecule has 0 saturated heterocycles. The van der Waals surface area contributed by atoms with Crippen LogP contribution in [0.15, 0.2) is 83.3 Å². The SMILES string of the molecule is O=C(NC1CCCCC1)C(Cc1ccccc1)N(Cc1ccc(Br)cc1)C(=O)COc1ccccc1Cl. The van der Waals surface area contributed by atoms with Crippen LogP contribution >= 0.6 is 27.5 Å². The summed E-state index contributed by atoms with van der Waals surface area (Å²) in [5.41, 5.74) is 1.92. The predicted molar refractivity (Wildman–Crippen MR) is 151 cm³/mol. The number of hydrogen-bond donors (Lipinski definition) is 1. The molecule has 1 aliphatic rings. The zero-order valence-electron chi connectivity index (χ0n) is 20.7. The molecule has 0 aliphatic heterocycles. The van der Waals surface area contributed by atoms with Gasteiger partial charge in [-0.1, -0.05) is 101 Å². The lowest BCUT2D eigenvalue weighted by Gasteiger charge is -2.33. The average molecular weight is 584 g/mol. The van der Waals surface area contributed by atoms with Gasteiger partial charge in [0.1, 0.15) is 11.8 Å².